The highest BCUT2D eigenvalue weighted by molar-refractivity contribution is 5.79. The molecule has 0 saturated heterocycles. The van der Waals surface area contributed by atoms with Gasteiger partial charge in [0.2, 0.25) is 0 Å². The number of nitrogens with zero attached hydrogens (tertiary/aromatic N) is 1. The monoisotopic (exact) mass is 239 g/mol. The Balaban J connectivity index is 2.47. The van der Waals surface area contributed by atoms with Crippen molar-refractivity contribution >= 4 is 5.96 Å². The molecule has 1 aliphatic rings. The molecule has 1 saturated carbocycles. The molecule has 0 radical (unpaired) electrons. The maximum atomic E-state index is 10.3. The van der Waals surface area contributed by atoms with Crippen molar-refractivity contribution in [2.24, 2.45) is 4.99 Å². The van der Waals surface area contributed by atoms with Crippen LogP contribution in [0.3, 0.4) is 0 Å². The Kier molecular flexibility index (Phi) is 6.05. The molecule has 3 N–H and O–H groups in total. The molecule has 0 aliphatic heterocycles. The van der Waals surface area contributed by atoms with Gasteiger partial charge in [0.05, 0.1) is 12.1 Å². The van der Waals surface area contributed by atoms with Crippen molar-refractivity contribution in [1.29, 1.82) is 0 Å². The minimum Gasteiger partial charge on any atom is -0.388 e. The predicted molar refractivity (Wildman–Crippen MR) is 72.2 cm³/mol. The highest BCUT2D eigenvalue weighted by Gasteiger charge is 2.28. The van der Waals surface area contributed by atoms with Gasteiger partial charge < -0.3 is 15.7 Å². The fourth-order valence-electron chi connectivity index (χ4n) is 2.10. The van der Waals surface area contributed by atoms with Crippen LogP contribution in [0.5, 0.6) is 0 Å². The fraction of sp³-hybridized carbons (Fsp3) is 0.769. The topological polar surface area (TPSA) is 56.7 Å². The molecule has 4 nitrogen and oxygen atoms in total. The van der Waals surface area contributed by atoms with Crippen LogP contribution in [0.25, 0.3) is 0 Å². The first-order valence-corrected chi connectivity index (χ1v) is 6.55. The molecule has 0 aromatic heterocycles. The molecule has 0 heterocycles. The minimum atomic E-state index is -0.589. The maximum absolute atomic E-state index is 10.3. The largest absolute Gasteiger partial charge is 0.388 e. The van der Waals surface area contributed by atoms with Gasteiger partial charge in [-0.3, -0.25) is 4.99 Å². The fourth-order valence-corrected chi connectivity index (χ4v) is 2.10. The van der Waals surface area contributed by atoms with Gasteiger partial charge in [0.1, 0.15) is 0 Å². The van der Waals surface area contributed by atoms with Crippen LogP contribution in [0.1, 0.15) is 39.0 Å². The Morgan fingerprint density at radius 1 is 1.35 bits per heavy atom. The number of aliphatic imine (C=N–C) groups is 1. The van der Waals surface area contributed by atoms with Crippen molar-refractivity contribution in [2.75, 3.05) is 19.6 Å². The van der Waals surface area contributed by atoms with Crippen molar-refractivity contribution in [3.8, 4) is 0 Å². The van der Waals surface area contributed by atoms with Gasteiger partial charge in [-0.25, -0.2) is 0 Å². The summed E-state index contributed by atoms with van der Waals surface area (Å²) in [5, 5.41) is 16.6. The highest BCUT2D eigenvalue weighted by atomic mass is 16.3. The van der Waals surface area contributed by atoms with E-state index in [1.165, 1.54) is 6.42 Å². The molecule has 0 aromatic rings. The summed E-state index contributed by atoms with van der Waals surface area (Å²) in [6.45, 7) is 7.68. The summed E-state index contributed by atoms with van der Waals surface area (Å²) < 4.78 is 0. The molecule has 4 heteroatoms. The van der Waals surface area contributed by atoms with E-state index < -0.39 is 5.60 Å². The second-order valence-corrected chi connectivity index (χ2v) is 4.65. The van der Waals surface area contributed by atoms with Crippen LogP contribution < -0.4 is 10.6 Å². The van der Waals surface area contributed by atoms with Crippen LogP contribution >= 0.6 is 0 Å². The molecule has 1 fully saturated rings. The number of guanidine groups is 1. The van der Waals surface area contributed by atoms with Crippen molar-refractivity contribution in [3.05, 3.63) is 12.7 Å². The van der Waals surface area contributed by atoms with E-state index in [2.05, 4.69) is 22.2 Å². The van der Waals surface area contributed by atoms with E-state index in [0.29, 0.717) is 13.1 Å². The van der Waals surface area contributed by atoms with Crippen LogP contribution in [-0.2, 0) is 0 Å². The second kappa shape index (κ2) is 7.33. The smallest absolute Gasteiger partial charge is 0.191 e. The minimum absolute atomic E-state index is 0.486. The summed E-state index contributed by atoms with van der Waals surface area (Å²) in [5.41, 5.74) is -0.589. The van der Waals surface area contributed by atoms with Gasteiger partial charge in [-0.2, -0.15) is 0 Å². The van der Waals surface area contributed by atoms with E-state index in [9.17, 15) is 5.11 Å². The second-order valence-electron chi connectivity index (χ2n) is 4.65. The normalized spacial score (nSPS) is 19.8. The van der Waals surface area contributed by atoms with Crippen molar-refractivity contribution in [1.82, 2.24) is 10.6 Å². The molecule has 98 valence electrons. The first-order chi connectivity index (χ1) is 8.20. The molecular weight excluding hydrogens is 214 g/mol. The lowest BCUT2D eigenvalue weighted by molar-refractivity contribution is 0.0131. The summed E-state index contributed by atoms with van der Waals surface area (Å²) in [7, 11) is 0. The summed E-state index contributed by atoms with van der Waals surface area (Å²) >= 11 is 0. The Labute approximate surface area is 104 Å². The predicted octanol–water partition coefficient (Wildman–Crippen LogP) is 1.42. The Morgan fingerprint density at radius 3 is 2.65 bits per heavy atom. The lowest BCUT2D eigenvalue weighted by atomic mass is 9.85. The highest BCUT2D eigenvalue weighted by Crippen LogP contribution is 2.28. The van der Waals surface area contributed by atoms with Gasteiger partial charge in [-0.15, -0.1) is 6.58 Å². The number of hydrogen-bond acceptors (Lipinski definition) is 2. The Morgan fingerprint density at radius 2 is 2.06 bits per heavy atom. The van der Waals surface area contributed by atoms with E-state index in [-0.39, 0.29) is 0 Å². The third-order valence-corrected chi connectivity index (χ3v) is 3.07. The van der Waals surface area contributed by atoms with Gasteiger partial charge in [0, 0.05) is 13.1 Å². The van der Waals surface area contributed by atoms with E-state index in [4.69, 9.17) is 0 Å². The number of hydrogen-bond donors (Lipinski definition) is 3. The van der Waals surface area contributed by atoms with Crippen LogP contribution in [0, 0.1) is 0 Å². The van der Waals surface area contributed by atoms with Gasteiger partial charge >= 0.3 is 0 Å². The van der Waals surface area contributed by atoms with Crippen molar-refractivity contribution in [3.63, 3.8) is 0 Å². The lowest BCUT2D eigenvalue weighted by Gasteiger charge is -2.30. The maximum Gasteiger partial charge on any atom is 0.191 e. The van der Waals surface area contributed by atoms with E-state index >= 15 is 0 Å². The first-order valence-electron chi connectivity index (χ1n) is 6.55. The molecule has 1 rings (SSSR count). The summed E-state index contributed by atoms with van der Waals surface area (Å²) in [6, 6.07) is 0. The zero-order chi connectivity index (χ0) is 12.6. The summed E-state index contributed by atoms with van der Waals surface area (Å²) in [4.78, 5) is 4.44. The first kappa shape index (κ1) is 14.0. The average Bonchev–Trinajstić information content (AvgIpc) is 2.34. The molecule has 0 aromatic carbocycles. The standard InChI is InChI=1S/C13H25N3O/c1-3-10-15-12(14-4-2)16-11-13(17)8-6-5-7-9-13/h3,17H,1,4-11H2,2H3,(H2,14,15,16). The zero-order valence-corrected chi connectivity index (χ0v) is 10.8. The van der Waals surface area contributed by atoms with Crippen LogP contribution in [0.4, 0.5) is 0 Å². The molecule has 0 spiro atoms. The molecule has 0 unspecified atom stereocenters. The van der Waals surface area contributed by atoms with Gasteiger partial charge in [-0.05, 0) is 19.8 Å². The van der Waals surface area contributed by atoms with E-state index in [0.717, 1.165) is 38.2 Å². The lowest BCUT2D eigenvalue weighted by Crippen LogP contribution is -2.40. The summed E-state index contributed by atoms with van der Waals surface area (Å²) in [5.74, 6) is 0.756. The third-order valence-electron chi connectivity index (χ3n) is 3.07. The molecular formula is C13H25N3O. The molecule has 1 aliphatic carbocycles. The number of rotatable bonds is 5. The van der Waals surface area contributed by atoms with Crippen molar-refractivity contribution in [2.45, 2.75) is 44.6 Å². The molecule has 0 amide bonds. The average molecular weight is 239 g/mol. The molecule has 17 heavy (non-hydrogen) atoms. The van der Waals surface area contributed by atoms with Crippen molar-refractivity contribution < 1.29 is 5.11 Å². The SMILES string of the molecule is C=CCNC(=NCC1(O)CCCCC1)NCC. The van der Waals surface area contributed by atoms with E-state index in [1.807, 2.05) is 6.92 Å². The van der Waals surface area contributed by atoms with Gasteiger partial charge in [0.15, 0.2) is 5.96 Å². The van der Waals surface area contributed by atoms with E-state index in [1.54, 1.807) is 6.08 Å². The Hall–Kier alpha value is -1.03. The van der Waals surface area contributed by atoms with Crippen LogP contribution in [0.2, 0.25) is 0 Å². The quantitative estimate of drug-likeness (QED) is 0.386. The Bertz CT molecular complexity index is 257. The summed E-state index contributed by atoms with van der Waals surface area (Å²) in [6.07, 6.45) is 7.00. The third kappa shape index (κ3) is 5.22. The zero-order valence-electron chi connectivity index (χ0n) is 10.8. The molecule has 0 atom stereocenters. The van der Waals surface area contributed by atoms with Gasteiger partial charge in [-0.1, -0.05) is 25.3 Å². The molecule has 0 bridgehead atoms. The van der Waals surface area contributed by atoms with Crippen LogP contribution in [-0.4, -0.2) is 36.3 Å². The number of aliphatic hydroxyl groups is 1. The van der Waals surface area contributed by atoms with Crippen LogP contribution in [0.15, 0.2) is 17.6 Å². The van der Waals surface area contributed by atoms with Gasteiger partial charge in [0.25, 0.3) is 0 Å². The number of nitrogens with one attached hydrogen (secondary N) is 2.